The third kappa shape index (κ3) is 4.77. The minimum atomic E-state index is -1.20. The van der Waals surface area contributed by atoms with E-state index in [1.807, 2.05) is 0 Å². The second-order valence-electron chi connectivity index (χ2n) is 7.51. The van der Waals surface area contributed by atoms with Crippen LogP contribution in [0.3, 0.4) is 0 Å². The summed E-state index contributed by atoms with van der Waals surface area (Å²) < 4.78 is 10.5. The molecule has 4 rings (SSSR count). The van der Waals surface area contributed by atoms with Crippen molar-refractivity contribution >= 4 is 52.9 Å². The Labute approximate surface area is 210 Å². The number of hydrogen-bond donors (Lipinski definition) is 1. The van der Waals surface area contributed by atoms with Crippen LogP contribution in [-0.4, -0.2) is 42.6 Å². The number of methoxy groups -OCH3 is 1. The molecule has 1 saturated heterocycles. The molecule has 182 valence electrons. The average Bonchev–Trinajstić information content (AvgIpc) is 2.87. The topological polar surface area (TPSA) is 113 Å². The molecule has 9 nitrogen and oxygen atoms in total. The number of nitrogens with zero attached hydrogens (tertiary/aromatic N) is 2. The molecular weight excluding hydrogens is 488 g/mol. The zero-order valence-corrected chi connectivity index (χ0v) is 19.6. The Morgan fingerprint density at radius 2 is 1.44 bits per heavy atom. The third-order valence-electron chi connectivity index (χ3n) is 5.18. The quantitative estimate of drug-likeness (QED) is 0.373. The van der Waals surface area contributed by atoms with E-state index in [2.05, 4.69) is 0 Å². The van der Waals surface area contributed by atoms with Crippen LogP contribution < -0.4 is 19.3 Å². The molecule has 0 saturated carbocycles. The number of rotatable bonds is 7. The Hall–Kier alpha value is -4.63. The summed E-state index contributed by atoms with van der Waals surface area (Å²) in [4.78, 5) is 53.0. The van der Waals surface area contributed by atoms with Crippen molar-refractivity contribution in [3.63, 3.8) is 0 Å². The maximum atomic E-state index is 13.4. The highest BCUT2D eigenvalue weighted by Crippen LogP contribution is 2.38. The number of amides is 4. The first-order valence-corrected chi connectivity index (χ1v) is 11.0. The van der Waals surface area contributed by atoms with Gasteiger partial charge in [0, 0.05) is 0 Å². The summed E-state index contributed by atoms with van der Waals surface area (Å²) in [6, 6.07) is 18.5. The van der Waals surface area contributed by atoms with Gasteiger partial charge in [0.25, 0.3) is 11.8 Å². The van der Waals surface area contributed by atoms with Gasteiger partial charge in [-0.1, -0.05) is 48.0 Å². The highest BCUT2D eigenvalue weighted by atomic mass is 35.5. The molecule has 3 aromatic carbocycles. The molecule has 0 atom stereocenters. The molecule has 1 aliphatic heterocycles. The lowest BCUT2D eigenvalue weighted by molar-refractivity contribution is -0.139. The average molecular weight is 507 g/mol. The van der Waals surface area contributed by atoms with E-state index >= 15 is 0 Å². The molecule has 0 radical (unpaired) electrons. The number of benzene rings is 3. The summed E-state index contributed by atoms with van der Waals surface area (Å²) in [5, 5.41) is 8.90. The van der Waals surface area contributed by atoms with Gasteiger partial charge in [-0.25, -0.2) is 19.4 Å². The fourth-order valence-corrected chi connectivity index (χ4v) is 3.88. The molecule has 1 N–H and O–H groups in total. The molecule has 4 amide bonds. The molecule has 1 fully saturated rings. The van der Waals surface area contributed by atoms with Gasteiger partial charge in [-0.05, 0) is 48.0 Å². The highest BCUT2D eigenvalue weighted by Gasteiger charge is 2.43. The van der Waals surface area contributed by atoms with E-state index in [1.54, 1.807) is 60.7 Å². The first-order valence-electron chi connectivity index (χ1n) is 10.6. The van der Waals surface area contributed by atoms with Gasteiger partial charge in [-0.3, -0.25) is 9.59 Å². The van der Waals surface area contributed by atoms with Crippen LogP contribution in [0.1, 0.15) is 5.56 Å². The van der Waals surface area contributed by atoms with Crippen LogP contribution in [0.5, 0.6) is 11.5 Å². The summed E-state index contributed by atoms with van der Waals surface area (Å²) in [6.45, 7) is -0.645. The van der Waals surface area contributed by atoms with Crippen molar-refractivity contribution < 1.29 is 33.8 Å². The number of carboxylic acid groups (broad SMARTS) is 1. The number of aliphatic carboxylic acids is 1. The number of halogens is 1. The standard InChI is InChI=1S/C26H19ClN2O7/c1-35-21-14-16(13-20(27)23(21)36-15-22(30)31)12-19-24(32)28(17-8-4-2-5-9-17)26(34)29(25(19)33)18-10-6-3-7-11-18/h2-14H,15H2,1H3,(H,30,31). The monoisotopic (exact) mass is 506 g/mol. The van der Waals surface area contributed by atoms with Crippen molar-refractivity contribution in [2.45, 2.75) is 0 Å². The first-order chi connectivity index (χ1) is 17.3. The molecule has 1 aliphatic rings. The first kappa shape index (κ1) is 24.5. The summed E-state index contributed by atoms with van der Waals surface area (Å²) >= 11 is 6.29. The number of barbiturate groups is 1. The Bertz CT molecular complexity index is 1310. The zero-order chi connectivity index (χ0) is 25.8. The van der Waals surface area contributed by atoms with Crippen LogP contribution in [-0.2, 0) is 14.4 Å². The van der Waals surface area contributed by atoms with E-state index in [9.17, 15) is 19.2 Å². The van der Waals surface area contributed by atoms with Crippen molar-refractivity contribution in [2.24, 2.45) is 0 Å². The van der Waals surface area contributed by atoms with Gasteiger partial charge < -0.3 is 14.6 Å². The highest BCUT2D eigenvalue weighted by molar-refractivity contribution is 6.46. The predicted octanol–water partition coefficient (Wildman–Crippen LogP) is 4.40. The van der Waals surface area contributed by atoms with Gasteiger partial charge in [-0.15, -0.1) is 0 Å². The summed E-state index contributed by atoms with van der Waals surface area (Å²) in [5.74, 6) is -2.74. The molecule has 10 heteroatoms. The number of hydrogen-bond acceptors (Lipinski definition) is 6. The van der Waals surface area contributed by atoms with Gasteiger partial charge in [0.2, 0.25) is 0 Å². The number of carbonyl (C=O) groups excluding carboxylic acids is 3. The fraction of sp³-hybridized carbons (Fsp3) is 0.0769. The number of imide groups is 2. The molecule has 0 aromatic heterocycles. The van der Waals surface area contributed by atoms with Crippen molar-refractivity contribution in [1.29, 1.82) is 0 Å². The minimum absolute atomic E-state index is 0.00276. The van der Waals surface area contributed by atoms with Crippen LogP contribution in [0, 0.1) is 0 Å². The second kappa shape index (κ2) is 10.3. The Morgan fingerprint density at radius 1 is 0.917 bits per heavy atom. The Balaban J connectivity index is 1.83. The van der Waals surface area contributed by atoms with Crippen LogP contribution >= 0.6 is 11.6 Å². The number of carbonyl (C=O) groups is 4. The zero-order valence-electron chi connectivity index (χ0n) is 18.9. The fourth-order valence-electron chi connectivity index (χ4n) is 3.60. The Kier molecular flexibility index (Phi) is 7.03. The van der Waals surface area contributed by atoms with E-state index < -0.39 is 30.4 Å². The third-order valence-corrected chi connectivity index (χ3v) is 5.46. The normalized spacial score (nSPS) is 13.6. The van der Waals surface area contributed by atoms with E-state index in [0.29, 0.717) is 16.9 Å². The molecule has 0 bridgehead atoms. The van der Waals surface area contributed by atoms with E-state index in [1.165, 1.54) is 25.3 Å². The van der Waals surface area contributed by atoms with Crippen LogP contribution in [0.25, 0.3) is 6.08 Å². The van der Waals surface area contributed by atoms with Crippen LogP contribution in [0.2, 0.25) is 5.02 Å². The maximum absolute atomic E-state index is 13.4. The molecular formula is C26H19ClN2O7. The second-order valence-corrected chi connectivity index (χ2v) is 7.92. The number of anilines is 2. The van der Waals surface area contributed by atoms with E-state index in [-0.39, 0.29) is 22.1 Å². The van der Waals surface area contributed by atoms with Crippen molar-refractivity contribution in [3.8, 4) is 11.5 Å². The molecule has 0 unspecified atom stereocenters. The molecule has 1 heterocycles. The van der Waals surface area contributed by atoms with Crippen molar-refractivity contribution in [1.82, 2.24) is 0 Å². The minimum Gasteiger partial charge on any atom is -0.493 e. The predicted molar refractivity (Wildman–Crippen MR) is 132 cm³/mol. The van der Waals surface area contributed by atoms with Crippen molar-refractivity contribution in [2.75, 3.05) is 23.5 Å². The lowest BCUT2D eigenvalue weighted by Gasteiger charge is -2.34. The number of ether oxygens (including phenoxy) is 2. The van der Waals surface area contributed by atoms with Gasteiger partial charge in [-0.2, -0.15) is 0 Å². The lowest BCUT2D eigenvalue weighted by atomic mass is 10.0. The van der Waals surface area contributed by atoms with Gasteiger partial charge in [0.15, 0.2) is 18.1 Å². The van der Waals surface area contributed by atoms with E-state index in [0.717, 1.165) is 9.80 Å². The number of carboxylic acids is 1. The molecule has 36 heavy (non-hydrogen) atoms. The van der Waals surface area contributed by atoms with Crippen LogP contribution in [0.4, 0.5) is 16.2 Å². The Morgan fingerprint density at radius 3 is 1.92 bits per heavy atom. The summed E-state index contributed by atoms with van der Waals surface area (Å²) in [7, 11) is 1.33. The molecule has 3 aromatic rings. The largest absolute Gasteiger partial charge is 0.493 e. The van der Waals surface area contributed by atoms with Gasteiger partial charge in [0.1, 0.15) is 5.57 Å². The van der Waals surface area contributed by atoms with E-state index in [4.69, 9.17) is 26.2 Å². The van der Waals surface area contributed by atoms with Crippen molar-refractivity contribution in [3.05, 3.63) is 89.0 Å². The number of urea groups is 1. The smallest absolute Gasteiger partial charge is 0.343 e. The van der Waals surface area contributed by atoms with Gasteiger partial charge in [0.05, 0.1) is 23.5 Å². The van der Waals surface area contributed by atoms with Crippen LogP contribution in [0.15, 0.2) is 78.4 Å². The maximum Gasteiger partial charge on any atom is 0.343 e. The number of para-hydroxylation sites is 2. The lowest BCUT2D eigenvalue weighted by Crippen LogP contribution is -2.57. The van der Waals surface area contributed by atoms with Gasteiger partial charge >= 0.3 is 12.0 Å². The summed E-state index contributed by atoms with van der Waals surface area (Å²) in [6.07, 6.45) is 1.29. The SMILES string of the molecule is COc1cc(C=C2C(=O)N(c3ccccc3)C(=O)N(c3ccccc3)C2=O)cc(Cl)c1OCC(=O)O. The summed E-state index contributed by atoms with van der Waals surface area (Å²) in [5.41, 5.74) is 0.589. The molecule has 0 spiro atoms. The molecule has 0 aliphatic carbocycles.